The van der Waals surface area contributed by atoms with Gasteiger partial charge in [0.25, 0.3) is 0 Å². The Morgan fingerprint density at radius 3 is 2.44 bits per heavy atom. The van der Waals surface area contributed by atoms with Crippen LogP contribution in [0.25, 0.3) is 0 Å². The van der Waals surface area contributed by atoms with Gasteiger partial charge in [0.15, 0.2) is 0 Å². The Bertz CT molecular complexity index is 471. The number of carbonyl (C=O) groups excluding carboxylic acids is 1. The molecular formula is C15H16Cl2O. The van der Waals surface area contributed by atoms with E-state index in [0.717, 1.165) is 5.56 Å². The molecule has 96 valence electrons. The molecule has 2 fully saturated rings. The Hall–Kier alpha value is -0.530. The summed E-state index contributed by atoms with van der Waals surface area (Å²) in [6, 6.07) is 5.39. The number of Topliss-reactive ketones (excluding diaryl/α,β-unsaturated/α-hetero) is 1. The van der Waals surface area contributed by atoms with Crippen molar-refractivity contribution in [1.82, 2.24) is 0 Å². The molecule has 0 N–H and O–H groups in total. The van der Waals surface area contributed by atoms with E-state index in [1.54, 1.807) is 12.1 Å². The lowest BCUT2D eigenvalue weighted by molar-refractivity contribution is -0.120. The third-order valence-corrected chi connectivity index (χ3v) is 5.00. The third-order valence-electron chi connectivity index (χ3n) is 4.41. The number of rotatable bonds is 3. The molecule has 3 heteroatoms. The molecule has 0 amide bonds. The van der Waals surface area contributed by atoms with Gasteiger partial charge in [-0.3, -0.25) is 4.79 Å². The first-order chi connectivity index (χ1) is 8.66. The first-order valence-corrected chi connectivity index (χ1v) is 7.39. The number of hydrogen-bond donors (Lipinski definition) is 0. The van der Waals surface area contributed by atoms with Gasteiger partial charge in [0.05, 0.1) is 0 Å². The van der Waals surface area contributed by atoms with Crippen LogP contribution in [0.5, 0.6) is 0 Å². The average Bonchev–Trinajstić information content (AvgIpc) is 3.07. The van der Waals surface area contributed by atoms with Crippen LogP contribution in [0.1, 0.15) is 31.2 Å². The van der Waals surface area contributed by atoms with Crippen LogP contribution in [-0.4, -0.2) is 5.78 Å². The fourth-order valence-electron chi connectivity index (χ4n) is 3.44. The van der Waals surface area contributed by atoms with E-state index in [1.807, 2.05) is 6.07 Å². The van der Waals surface area contributed by atoms with Crippen LogP contribution in [0.4, 0.5) is 0 Å². The standard InChI is InChI=1S/C15H16Cl2O/c16-10-6-5-9(13(17)8-10)7-14(18)15-11-3-1-2-4-12(11)15/h5-6,8,11-12,15H,1-4,7H2. The maximum Gasteiger partial charge on any atom is 0.140 e. The van der Waals surface area contributed by atoms with Crippen LogP contribution in [0.3, 0.4) is 0 Å². The number of hydrogen-bond acceptors (Lipinski definition) is 1. The van der Waals surface area contributed by atoms with Gasteiger partial charge in [-0.2, -0.15) is 0 Å². The summed E-state index contributed by atoms with van der Waals surface area (Å²) < 4.78 is 0. The zero-order chi connectivity index (χ0) is 12.7. The van der Waals surface area contributed by atoms with E-state index in [1.165, 1.54) is 25.7 Å². The highest BCUT2D eigenvalue weighted by Gasteiger charge is 2.53. The van der Waals surface area contributed by atoms with Crippen LogP contribution < -0.4 is 0 Å². The van der Waals surface area contributed by atoms with Crippen molar-refractivity contribution in [3.05, 3.63) is 33.8 Å². The zero-order valence-corrected chi connectivity index (χ0v) is 11.7. The summed E-state index contributed by atoms with van der Waals surface area (Å²) in [4.78, 5) is 12.3. The Morgan fingerprint density at radius 2 is 1.83 bits per heavy atom. The van der Waals surface area contributed by atoms with Gasteiger partial charge in [0.2, 0.25) is 0 Å². The average molecular weight is 283 g/mol. The van der Waals surface area contributed by atoms with Crippen molar-refractivity contribution in [2.24, 2.45) is 17.8 Å². The smallest absolute Gasteiger partial charge is 0.140 e. The molecule has 3 rings (SSSR count). The number of benzene rings is 1. The molecule has 2 atom stereocenters. The first-order valence-electron chi connectivity index (χ1n) is 6.63. The summed E-state index contributed by atoms with van der Waals surface area (Å²) in [5.41, 5.74) is 0.912. The van der Waals surface area contributed by atoms with Gasteiger partial charge in [0, 0.05) is 22.4 Å². The predicted molar refractivity (Wildman–Crippen MR) is 74.1 cm³/mol. The van der Waals surface area contributed by atoms with E-state index in [9.17, 15) is 4.79 Å². The molecule has 1 aromatic rings. The van der Waals surface area contributed by atoms with Crippen LogP contribution in [0.2, 0.25) is 10.0 Å². The largest absolute Gasteiger partial charge is 0.299 e. The summed E-state index contributed by atoms with van der Waals surface area (Å²) in [7, 11) is 0. The zero-order valence-electron chi connectivity index (χ0n) is 10.2. The van der Waals surface area contributed by atoms with Crippen molar-refractivity contribution in [2.45, 2.75) is 32.1 Å². The minimum Gasteiger partial charge on any atom is -0.299 e. The second-order valence-electron chi connectivity index (χ2n) is 5.52. The molecule has 2 unspecified atom stereocenters. The maximum absolute atomic E-state index is 12.3. The third kappa shape index (κ3) is 2.31. The highest BCUT2D eigenvalue weighted by molar-refractivity contribution is 6.35. The number of ketones is 1. The summed E-state index contributed by atoms with van der Waals surface area (Å²) in [6.45, 7) is 0. The summed E-state index contributed by atoms with van der Waals surface area (Å²) in [6.07, 6.45) is 5.55. The van der Waals surface area contributed by atoms with E-state index >= 15 is 0 Å². The van der Waals surface area contributed by atoms with Gasteiger partial charge in [-0.05, 0) is 42.4 Å². The van der Waals surface area contributed by atoms with E-state index in [4.69, 9.17) is 23.2 Å². The maximum atomic E-state index is 12.3. The molecule has 2 aliphatic carbocycles. The molecule has 0 aliphatic heterocycles. The molecule has 18 heavy (non-hydrogen) atoms. The molecule has 2 aliphatic rings. The van der Waals surface area contributed by atoms with Crippen molar-refractivity contribution in [3.8, 4) is 0 Å². The fourth-order valence-corrected chi connectivity index (χ4v) is 3.92. The molecule has 0 saturated heterocycles. The van der Waals surface area contributed by atoms with Crippen LogP contribution in [-0.2, 0) is 11.2 Å². The van der Waals surface area contributed by atoms with E-state index < -0.39 is 0 Å². The lowest BCUT2D eigenvalue weighted by atomic mass is 10.0. The summed E-state index contributed by atoms with van der Waals surface area (Å²) >= 11 is 12.0. The summed E-state index contributed by atoms with van der Waals surface area (Å²) in [5, 5.41) is 1.23. The topological polar surface area (TPSA) is 17.1 Å². The molecule has 1 aromatic carbocycles. The van der Waals surface area contributed by atoms with E-state index in [2.05, 4.69) is 0 Å². The molecule has 1 nitrogen and oxygen atoms in total. The van der Waals surface area contributed by atoms with Crippen LogP contribution in [0, 0.1) is 17.8 Å². The monoisotopic (exact) mass is 282 g/mol. The Morgan fingerprint density at radius 1 is 1.17 bits per heavy atom. The highest BCUT2D eigenvalue weighted by Crippen LogP contribution is 2.56. The van der Waals surface area contributed by atoms with Crippen LogP contribution >= 0.6 is 23.2 Å². The molecule has 0 spiro atoms. The van der Waals surface area contributed by atoms with Crippen molar-refractivity contribution < 1.29 is 4.79 Å². The van der Waals surface area contributed by atoms with Gasteiger partial charge < -0.3 is 0 Å². The molecular weight excluding hydrogens is 267 g/mol. The van der Waals surface area contributed by atoms with Crippen LogP contribution in [0.15, 0.2) is 18.2 Å². The Balaban J connectivity index is 1.68. The summed E-state index contributed by atoms with van der Waals surface area (Å²) in [5.74, 6) is 2.05. The van der Waals surface area contributed by atoms with E-state index in [-0.39, 0.29) is 0 Å². The highest BCUT2D eigenvalue weighted by atomic mass is 35.5. The first kappa shape index (κ1) is 12.5. The van der Waals surface area contributed by atoms with Gasteiger partial charge in [0.1, 0.15) is 5.78 Å². The lowest BCUT2D eigenvalue weighted by Crippen LogP contribution is -2.07. The molecule has 0 aromatic heterocycles. The minimum atomic E-state index is 0.319. The number of halogens is 2. The minimum absolute atomic E-state index is 0.319. The quantitative estimate of drug-likeness (QED) is 0.795. The van der Waals surface area contributed by atoms with Crippen molar-refractivity contribution in [2.75, 3.05) is 0 Å². The lowest BCUT2D eigenvalue weighted by Gasteiger charge is -2.04. The van der Waals surface area contributed by atoms with Crippen molar-refractivity contribution in [3.63, 3.8) is 0 Å². The molecule has 0 radical (unpaired) electrons. The fraction of sp³-hybridized carbons (Fsp3) is 0.533. The number of carbonyl (C=O) groups is 1. The van der Waals surface area contributed by atoms with Gasteiger partial charge in [-0.15, -0.1) is 0 Å². The van der Waals surface area contributed by atoms with Gasteiger partial charge in [-0.25, -0.2) is 0 Å². The predicted octanol–water partition coefficient (Wildman–Crippen LogP) is 4.54. The Labute approximate surface area is 117 Å². The SMILES string of the molecule is O=C(Cc1ccc(Cl)cc1Cl)C1C2CCCCC21. The van der Waals surface area contributed by atoms with E-state index in [0.29, 0.717) is 40.0 Å². The molecule has 2 saturated carbocycles. The molecule has 0 heterocycles. The Kier molecular flexibility index (Phi) is 3.38. The van der Waals surface area contributed by atoms with Gasteiger partial charge >= 0.3 is 0 Å². The van der Waals surface area contributed by atoms with Crippen molar-refractivity contribution in [1.29, 1.82) is 0 Å². The van der Waals surface area contributed by atoms with Crippen molar-refractivity contribution >= 4 is 29.0 Å². The van der Waals surface area contributed by atoms with Gasteiger partial charge in [-0.1, -0.05) is 42.1 Å². The number of fused-ring (bicyclic) bond motifs is 1. The normalized spacial score (nSPS) is 29.8. The molecule has 0 bridgehead atoms. The second kappa shape index (κ2) is 4.86. The second-order valence-corrected chi connectivity index (χ2v) is 6.36.